The van der Waals surface area contributed by atoms with Crippen molar-refractivity contribution >= 4 is 28.7 Å². The molecule has 0 radical (unpaired) electrons. The second-order valence-electron chi connectivity index (χ2n) is 7.52. The van der Waals surface area contributed by atoms with Crippen molar-refractivity contribution in [3.63, 3.8) is 0 Å². The maximum Gasteiger partial charge on any atom is 0.227 e. The van der Waals surface area contributed by atoms with E-state index in [1.54, 1.807) is 18.2 Å². The summed E-state index contributed by atoms with van der Waals surface area (Å²) in [6.07, 6.45) is 6.55. The SMILES string of the molecule is CN[C@H]1CCC[C@@H]1C(=O)N1C[C@H](n2cnc3c(N)ncnc32)C[C@@H]1C(C)=O. The van der Waals surface area contributed by atoms with E-state index in [0.29, 0.717) is 29.9 Å². The van der Waals surface area contributed by atoms with Crippen LogP contribution in [0.3, 0.4) is 0 Å². The molecule has 2 aromatic rings. The maximum atomic E-state index is 13.2. The molecule has 9 heteroatoms. The number of nitrogen functional groups attached to an aromatic ring is 1. The van der Waals surface area contributed by atoms with Crippen LogP contribution in [0.2, 0.25) is 0 Å². The van der Waals surface area contributed by atoms with Crippen molar-refractivity contribution in [2.45, 2.75) is 50.7 Å². The Bertz CT molecular complexity index is 880. The number of anilines is 1. The smallest absolute Gasteiger partial charge is 0.227 e. The first-order valence-electron chi connectivity index (χ1n) is 9.42. The molecule has 1 aliphatic carbocycles. The van der Waals surface area contributed by atoms with Crippen molar-refractivity contribution in [2.75, 3.05) is 19.3 Å². The summed E-state index contributed by atoms with van der Waals surface area (Å²) in [5, 5.41) is 3.25. The number of hydrogen-bond acceptors (Lipinski definition) is 7. The Morgan fingerprint density at radius 1 is 1.26 bits per heavy atom. The molecule has 27 heavy (non-hydrogen) atoms. The van der Waals surface area contributed by atoms with Gasteiger partial charge in [0.25, 0.3) is 0 Å². The van der Waals surface area contributed by atoms with Crippen molar-refractivity contribution in [1.29, 1.82) is 0 Å². The third-order valence-corrected chi connectivity index (χ3v) is 6.02. The molecule has 1 aliphatic heterocycles. The quantitative estimate of drug-likeness (QED) is 0.804. The van der Waals surface area contributed by atoms with Gasteiger partial charge in [0.05, 0.1) is 24.3 Å². The topological polar surface area (TPSA) is 119 Å². The molecule has 0 aromatic carbocycles. The Labute approximate surface area is 157 Å². The van der Waals surface area contributed by atoms with Crippen molar-refractivity contribution in [3.8, 4) is 0 Å². The summed E-state index contributed by atoms with van der Waals surface area (Å²) in [7, 11) is 1.90. The van der Waals surface area contributed by atoms with Gasteiger partial charge in [0.2, 0.25) is 5.91 Å². The van der Waals surface area contributed by atoms with E-state index in [4.69, 9.17) is 5.73 Å². The molecule has 4 atom stereocenters. The molecule has 1 amide bonds. The lowest BCUT2D eigenvalue weighted by molar-refractivity contribution is -0.140. The van der Waals surface area contributed by atoms with Crippen molar-refractivity contribution in [1.82, 2.24) is 29.7 Å². The van der Waals surface area contributed by atoms with Crippen LogP contribution in [-0.2, 0) is 9.59 Å². The number of nitrogens with two attached hydrogens (primary N) is 1. The van der Waals surface area contributed by atoms with Crippen LogP contribution in [0.15, 0.2) is 12.7 Å². The van der Waals surface area contributed by atoms with E-state index in [0.717, 1.165) is 19.3 Å². The van der Waals surface area contributed by atoms with E-state index < -0.39 is 6.04 Å². The molecule has 1 saturated heterocycles. The van der Waals surface area contributed by atoms with E-state index in [2.05, 4.69) is 20.3 Å². The molecular weight excluding hydrogens is 346 g/mol. The summed E-state index contributed by atoms with van der Waals surface area (Å²) in [4.78, 5) is 39.9. The number of hydrogen-bond donors (Lipinski definition) is 2. The summed E-state index contributed by atoms with van der Waals surface area (Å²) in [6, 6.07) is -0.278. The van der Waals surface area contributed by atoms with Crippen LogP contribution in [0.25, 0.3) is 11.2 Å². The normalized spacial score (nSPS) is 28.1. The van der Waals surface area contributed by atoms with Crippen LogP contribution in [0.4, 0.5) is 5.82 Å². The Kier molecular flexibility index (Phi) is 4.55. The van der Waals surface area contributed by atoms with Crippen LogP contribution in [0.5, 0.6) is 0 Å². The maximum absolute atomic E-state index is 13.2. The fourth-order valence-corrected chi connectivity index (χ4v) is 4.60. The number of aromatic nitrogens is 4. The number of carbonyl (C=O) groups is 2. The van der Waals surface area contributed by atoms with Crippen LogP contribution >= 0.6 is 0 Å². The van der Waals surface area contributed by atoms with Gasteiger partial charge in [0, 0.05) is 12.6 Å². The van der Waals surface area contributed by atoms with Gasteiger partial charge < -0.3 is 20.5 Å². The first-order valence-corrected chi connectivity index (χ1v) is 9.42. The summed E-state index contributed by atoms with van der Waals surface area (Å²) < 4.78 is 1.92. The van der Waals surface area contributed by atoms with Crippen molar-refractivity contribution < 1.29 is 9.59 Å². The highest BCUT2D eigenvalue weighted by atomic mass is 16.2. The highest BCUT2D eigenvalue weighted by Gasteiger charge is 2.43. The first-order chi connectivity index (χ1) is 13.0. The highest BCUT2D eigenvalue weighted by molar-refractivity contribution is 5.89. The second kappa shape index (κ2) is 6.88. The fourth-order valence-electron chi connectivity index (χ4n) is 4.60. The van der Waals surface area contributed by atoms with Crippen LogP contribution < -0.4 is 11.1 Å². The number of ketones is 1. The van der Waals surface area contributed by atoms with Gasteiger partial charge in [0.1, 0.15) is 11.8 Å². The van der Waals surface area contributed by atoms with E-state index in [-0.39, 0.29) is 29.7 Å². The summed E-state index contributed by atoms with van der Waals surface area (Å²) in [5.41, 5.74) is 7.07. The average Bonchev–Trinajstić information content (AvgIpc) is 3.38. The molecule has 0 unspecified atom stereocenters. The minimum absolute atomic E-state index is 0.0171. The van der Waals surface area contributed by atoms with E-state index in [9.17, 15) is 9.59 Å². The van der Waals surface area contributed by atoms with Crippen LogP contribution in [0.1, 0.15) is 38.6 Å². The predicted octanol–water partition coefficient (Wildman–Crippen LogP) is 0.528. The number of rotatable bonds is 4. The van der Waals surface area contributed by atoms with Gasteiger partial charge in [-0.1, -0.05) is 6.42 Å². The number of carbonyl (C=O) groups excluding carboxylic acids is 2. The van der Waals surface area contributed by atoms with E-state index >= 15 is 0 Å². The molecule has 3 N–H and O–H groups in total. The van der Waals surface area contributed by atoms with Gasteiger partial charge in [-0.2, -0.15) is 0 Å². The Hall–Kier alpha value is -2.55. The van der Waals surface area contributed by atoms with Gasteiger partial charge in [-0.05, 0) is 33.2 Å². The minimum Gasteiger partial charge on any atom is -0.382 e. The third kappa shape index (κ3) is 2.95. The second-order valence-corrected chi connectivity index (χ2v) is 7.52. The number of fused-ring (bicyclic) bond motifs is 1. The zero-order chi connectivity index (χ0) is 19.1. The summed E-state index contributed by atoms with van der Waals surface area (Å²) >= 11 is 0. The molecular formula is C18H25N7O2. The lowest BCUT2D eigenvalue weighted by atomic mass is 10.0. The largest absolute Gasteiger partial charge is 0.382 e. The molecule has 2 fully saturated rings. The lowest BCUT2D eigenvalue weighted by Crippen LogP contribution is -2.46. The van der Waals surface area contributed by atoms with Crippen LogP contribution in [0, 0.1) is 5.92 Å². The summed E-state index contributed by atoms with van der Waals surface area (Å²) in [5.74, 6) is 0.361. The van der Waals surface area contributed by atoms with E-state index in [1.807, 2.05) is 11.6 Å². The van der Waals surface area contributed by atoms with Gasteiger partial charge in [-0.15, -0.1) is 0 Å². The number of imidazole rings is 1. The Morgan fingerprint density at radius 2 is 2.07 bits per heavy atom. The number of nitrogens with zero attached hydrogens (tertiary/aromatic N) is 5. The zero-order valence-corrected chi connectivity index (χ0v) is 15.6. The lowest BCUT2D eigenvalue weighted by Gasteiger charge is -2.28. The predicted molar refractivity (Wildman–Crippen MR) is 99.8 cm³/mol. The van der Waals surface area contributed by atoms with E-state index in [1.165, 1.54) is 6.33 Å². The molecule has 9 nitrogen and oxygen atoms in total. The first kappa shape index (κ1) is 17.8. The Morgan fingerprint density at radius 3 is 2.81 bits per heavy atom. The number of nitrogens with one attached hydrogen (secondary N) is 1. The standard InChI is InChI=1S/C18H25N7O2/c1-10(26)14-6-11(25-9-23-15-16(19)21-8-22-17(15)25)7-24(14)18(27)12-4-3-5-13(12)20-2/h8-9,11-14,20H,3-7H2,1-2H3,(H2,19,21,22)/t11-,12+,13+,14-/m1/s1. The molecule has 2 aromatic heterocycles. The van der Waals surface area contributed by atoms with Crippen molar-refractivity contribution in [2.24, 2.45) is 5.92 Å². The monoisotopic (exact) mass is 371 g/mol. The molecule has 3 heterocycles. The van der Waals surface area contributed by atoms with Gasteiger partial charge >= 0.3 is 0 Å². The van der Waals surface area contributed by atoms with Crippen LogP contribution in [-0.4, -0.2) is 61.8 Å². The highest BCUT2D eigenvalue weighted by Crippen LogP contribution is 2.35. The average molecular weight is 371 g/mol. The Balaban J connectivity index is 1.63. The molecule has 0 bridgehead atoms. The van der Waals surface area contributed by atoms with Gasteiger partial charge in [-0.3, -0.25) is 9.59 Å². The van der Waals surface area contributed by atoms with Crippen molar-refractivity contribution in [3.05, 3.63) is 12.7 Å². The fraction of sp³-hybridized carbons (Fsp3) is 0.611. The minimum atomic E-state index is -0.405. The molecule has 2 aliphatic rings. The van der Waals surface area contributed by atoms with Gasteiger partial charge in [0.15, 0.2) is 17.2 Å². The molecule has 144 valence electrons. The summed E-state index contributed by atoms with van der Waals surface area (Å²) in [6.45, 7) is 2.04. The number of likely N-dealkylation sites (tertiary alicyclic amines) is 1. The zero-order valence-electron chi connectivity index (χ0n) is 15.6. The van der Waals surface area contributed by atoms with Gasteiger partial charge in [-0.25, -0.2) is 15.0 Å². The molecule has 4 rings (SSSR count). The number of Topliss-reactive ketones (excluding diaryl/α,β-unsaturated/α-hetero) is 1. The number of amides is 1. The molecule has 0 spiro atoms. The molecule has 1 saturated carbocycles. The third-order valence-electron chi connectivity index (χ3n) is 6.02.